The maximum absolute atomic E-state index is 12.8. The van der Waals surface area contributed by atoms with Crippen LogP contribution in [0.25, 0.3) is 0 Å². The van der Waals surface area contributed by atoms with Gasteiger partial charge in [0.25, 0.3) is 0 Å². The number of rotatable bonds is 3. The molecule has 28 heavy (non-hydrogen) atoms. The molecule has 7 nitrogen and oxygen atoms in total. The van der Waals surface area contributed by atoms with E-state index in [-0.39, 0.29) is 18.1 Å². The molecule has 0 atom stereocenters. The Morgan fingerprint density at radius 2 is 1.82 bits per heavy atom. The third-order valence-electron chi connectivity index (χ3n) is 6.12. The number of hydrogen-bond acceptors (Lipinski definition) is 4. The summed E-state index contributed by atoms with van der Waals surface area (Å²) in [5.74, 6) is 0.811. The van der Waals surface area contributed by atoms with Crippen LogP contribution >= 0.6 is 0 Å². The summed E-state index contributed by atoms with van der Waals surface area (Å²) in [6, 6.07) is 6.37. The van der Waals surface area contributed by atoms with E-state index in [2.05, 4.69) is 42.0 Å². The number of benzene rings is 1. The van der Waals surface area contributed by atoms with E-state index in [1.54, 1.807) is 4.57 Å². The Balaban J connectivity index is 1.40. The van der Waals surface area contributed by atoms with Crippen LogP contribution in [0.15, 0.2) is 23.0 Å². The van der Waals surface area contributed by atoms with Crippen molar-refractivity contribution in [1.29, 1.82) is 0 Å². The lowest BCUT2D eigenvalue weighted by molar-refractivity contribution is -0.132. The molecule has 1 aromatic heterocycles. The highest BCUT2D eigenvalue weighted by atomic mass is 16.2. The molecule has 0 aliphatic carbocycles. The minimum atomic E-state index is -0.140. The van der Waals surface area contributed by atoms with Crippen LogP contribution in [0.4, 0.5) is 5.69 Å². The molecule has 1 aromatic carbocycles. The molecular formula is C21H29N5O2. The van der Waals surface area contributed by atoms with Crippen molar-refractivity contribution >= 4 is 11.6 Å². The summed E-state index contributed by atoms with van der Waals surface area (Å²) in [7, 11) is 0. The van der Waals surface area contributed by atoms with Crippen molar-refractivity contribution in [3.05, 3.63) is 45.6 Å². The fourth-order valence-corrected chi connectivity index (χ4v) is 4.23. The Morgan fingerprint density at radius 1 is 1.04 bits per heavy atom. The first-order valence-electron chi connectivity index (χ1n) is 10.3. The Morgan fingerprint density at radius 3 is 2.61 bits per heavy atom. The standard InChI is InChI=1S/C21H29N5O2/c1-16-7-6-8-18(17(16)2)23-11-13-24(14-12-23)20(27)15-26-21(28)25-10-5-3-4-9-19(25)22-26/h6-8H,3-5,9-15H2,1-2H3. The Labute approximate surface area is 165 Å². The van der Waals surface area contributed by atoms with Gasteiger partial charge in [0.1, 0.15) is 12.4 Å². The summed E-state index contributed by atoms with van der Waals surface area (Å²) in [5.41, 5.74) is 3.70. The lowest BCUT2D eigenvalue weighted by atomic mass is 10.1. The van der Waals surface area contributed by atoms with E-state index in [0.29, 0.717) is 13.1 Å². The number of anilines is 1. The summed E-state index contributed by atoms with van der Waals surface area (Å²) >= 11 is 0. The van der Waals surface area contributed by atoms with Crippen LogP contribution in [-0.2, 0) is 24.3 Å². The van der Waals surface area contributed by atoms with Crippen molar-refractivity contribution in [3.63, 3.8) is 0 Å². The summed E-state index contributed by atoms with van der Waals surface area (Å²) in [6.45, 7) is 8.01. The number of carbonyl (C=O) groups is 1. The highest BCUT2D eigenvalue weighted by Gasteiger charge is 2.24. The van der Waals surface area contributed by atoms with Crippen LogP contribution < -0.4 is 10.6 Å². The topological polar surface area (TPSA) is 63.4 Å². The number of piperazine rings is 1. The van der Waals surface area contributed by atoms with Gasteiger partial charge in [-0.15, -0.1) is 0 Å². The van der Waals surface area contributed by atoms with Gasteiger partial charge < -0.3 is 9.80 Å². The highest BCUT2D eigenvalue weighted by molar-refractivity contribution is 5.76. The van der Waals surface area contributed by atoms with Gasteiger partial charge in [-0.3, -0.25) is 9.36 Å². The summed E-state index contributed by atoms with van der Waals surface area (Å²) in [4.78, 5) is 29.5. The number of aryl methyl sites for hydroxylation is 2. The number of hydrogen-bond donors (Lipinski definition) is 0. The van der Waals surface area contributed by atoms with Crippen LogP contribution in [-0.4, -0.2) is 51.3 Å². The number of aromatic nitrogens is 3. The first kappa shape index (κ1) is 18.8. The van der Waals surface area contributed by atoms with Gasteiger partial charge in [-0.1, -0.05) is 18.6 Å². The molecule has 1 amide bonds. The van der Waals surface area contributed by atoms with E-state index in [4.69, 9.17) is 0 Å². The molecule has 0 saturated carbocycles. The van der Waals surface area contributed by atoms with Gasteiger partial charge in [0.05, 0.1) is 0 Å². The zero-order valence-corrected chi connectivity index (χ0v) is 16.9. The summed E-state index contributed by atoms with van der Waals surface area (Å²) in [5, 5.41) is 4.44. The second-order valence-corrected chi connectivity index (χ2v) is 7.91. The molecular weight excluding hydrogens is 354 g/mol. The van der Waals surface area contributed by atoms with E-state index in [1.807, 2.05) is 4.90 Å². The van der Waals surface area contributed by atoms with Gasteiger partial charge in [0, 0.05) is 44.8 Å². The van der Waals surface area contributed by atoms with E-state index in [9.17, 15) is 9.59 Å². The van der Waals surface area contributed by atoms with Gasteiger partial charge in [0.15, 0.2) is 0 Å². The van der Waals surface area contributed by atoms with Gasteiger partial charge in [-0.25, -0.2) is 9.48 Å². The maximum atomic E-state index is 12.8. The van der Waals surface area contributed by atoms with Gasteiger partial charge in [-0.2, -0.15) is 5.10 Å². The molecule has 4 rings (SSSR count). The smallest absolute Gasteiger partial charge is 0.346 e. The summed E-state index contributed by atoms with van der Waals surface area (Å²) in [6.07, 6.45) is 4.02. The third-order valence-corrected chi connectivity index (χ3v) is 6.12. The molecule has 0 N–H and O–H groups in total. The number of fused-ring (bicyclic) bond motifs is 1. The van der Waals surface area contributed by atoms with E-state index < -0.39 is 0 Å². The molecule has 7 heteroatoms. The lowest BCUT2D eigenvalue weighted by Crippen LogP contribution is -2.50. The van der Waals surface area contributed by atoms with Crippen LogP contribution in [0.1, 0.15) is 36.2 Å². The van der Waals surface area contributed by atoms with Crippen molar-refractivity contribution in [1.82, 2.24) is 19.2 Å². The molecule has 1 saturated heterocycles. The minimum absolute atomic E-state index is 0.0176. The molecule has 3 heterocycles. The minimum Gasteiger partial charge on any atom is -0.368 e. The van der Waals surface area contributed by atoms with E-state index >= 15 is 0 Å². The lowest BCUT2D eigenvalue weighted by Gasteiger charge is -2.37. The predicted octanol–water partition coefficient (Wildman–Crippen LogP) is 1.74. The molecule has 2 aliphatic rings. The average Bonchev–Trinajstić information content (AvgIpc) is 2.86. The SMILES string of the molecule is Cc1cccc(N2CCN(C(=O)Cn3nc4n(c3=O)CCCCC4)CC2)c1C. The molecule has 0 spiro atoms. The molecule has 2 aliphatic heterocycles. The fourth-order valence-electron chi connectivity index (χ4n) is 4.23. The van der Waals surface area contributed by atoms with Crippen LogP contribution in [0.2, 0.25) is 0 Å². The molecule has 150 valence electrons. The Hall–Kier alpha value is -2.57. The second kappa shape index (κ2) is 7.81. The van der Waals surface area contributed by atoms with Gasteiger partial charge in [0.2, 0.25) is 5.91 Å². The van der Waals surface area contributed by atoms with Crippen molar-refractivity contribution in [3.8, 4) is 0 Å². The molecule has 0 bridgehead atoms. The predicted molar refractivity (Wildman–Crippen MR) is 109 cm³/mol. The van der Waals surface area contributed by atoms with Gasteiger partial charge in [-0.05, 0) is 43.9 Å². The summed E-state index contributed by atoms with van der Waals surface area (Å²) < 4.78 is 3.11. The molecule has 1 fully saturated rings. The fraction of sp³-hybridized carbons (Fsp3) is 0.571. The molecule has 2 aromatic rings. The van der Waals surface area contributed by atoms with E-state index in [1.165, 1.54) is 21.5 Å². The maximum Gasteiger partial charge on any atom is 0.346 e. The Bertz CT molecular complexity index is 921. The number of carbonyl (C=O) groups excluding carboxylic acids is 1. The average molecular weight is 383 g/mol. The van der Waals surface area contributed by atoms with Crippen molar-refractivity contribution in [2.45, 2.75) is 52.6 Å². The van der Waals surface area contributed by atoms with Crippen molar-refractivity contribution < 1.29 is 4.79 Å². The first-order valence-corrected chi connectivity index (χ1v) is 10.3. The van der Waals surface area contributed by atoms with Crippen molar-refractivity contribution in [2.24, 2.45) is 0 Å². The second-order valence-electron chi connectivity index (χ2n) is 7.91. The molecule has 0 unspecified atom stereocenters. The third kappa shape index (κ3) is 3.57. The zero-order valence-electron chi connectivity index (χ0n) is 16.9. The van der Waals surface area contributed by atoms with Crippen LogP contribution in [0.5, 0.6) is 0 Å². The van der Waals surface area contributed by atoms with Crippen LogP contribution in [0, 0.1) is 13.8 Å². The zero-order chi connectivity index (χ0) is 19.7. The first-order chi connectivity index (χ1) is 13.5. The largest absolute Gasteiger partial charge is 0.368 e. The normalized spacial score (nSPS) is 17.4. The number of amides is 1. The van der Waals surface area contributed by atoms with Gasteiger partial charge >= 0.3 is 5.69 Å². The highest BCUT2D eigenvalue weighted by Crippen LogP contribution is 2.23. The molecule has 0 radical (unpaired) electrons. The van der Waals surface area contributed by atoms with E-state index in [0.717, 1.165) is 51.1 Å². The van der Waals surface area contributed by atoms with Crippen LogP contribution in [0.3, 0.4) is 0 Å². The Kier molecular flexibility index (Phi) is 5.24. The monoisotopic (exact) mass is 383 g/mol. The quantitative estimate of drug-likeness (QED) is 0.810. The van der Waals surface area contributed by atoms with Crippen molar-refractivity contribution in [2.75, 3.05) is 31.1 Å². The number of nitrogens with zero attached hydrogens (tertiary/aromatic N) is 5.